The molecule has 1 aromatic carbocycles. The van der Waals surface area contributed by atoms with Gasteiger partial charge in [-0.15, -0.1) is 0 Å². The van der Waals surface area contributed by atoms with Gasteiger partial charge in [-0.05, 0) is 18.1 Å². The van der Waals surface area contributed by atoms with Gasteiger partial charge in [0, 0.05) is 13.6 Å². The topological polar surface area (TPSA) is 54.2 Å². The highest BCUT2D eigenvalue weighted by atomic mass is 35.5. The second-order valence-electron chi connectivity index (χ2n) is 4.43. The van der Waals surface area contributed by atoms with Crippen LogP contribution in [0.25, 0.3) is 0 Å². The van der Waals surface area contributed by atoms with Crippen molar-refractivity contribution in [3.8, 4) is 0 Å². The molecule has 20 heavy (non-hydrogen) atoms. The first-order chi connectivity index (χ1) is 9.61. The lowest BCUT2D eigenvalue weighted by Gasteiger charge is -2.20. The van der Waals surface area contributed by atoms with Gasteiger partial charge in [0.25, 0.3) is 0 Å². The van der Waals surface area contributed by atoms with Gasteiger partial charge in [0.1, 0.15) is 5.82 Å². The number of nitrogens with one attached hydrogen (secondary N) is 1. The van der Waals surface area contributed by atoms with E-state index in [9.17, 15) is 0 Å². The SMILES string of the molecule is CN(CCc1ccccc1)c1nc(NN)c(Cl)cc1Cl. The van der Waals surface area contributed by atoms with E-state index < -0.39 is 0 Å². The smallest absolute Gasteiger partial charge is 0.161 e. The van der Waals surface area contributed by atoms with Gasteiger partial charge in [-0.25, -0.2) is 10.8 Å². The summed E-state index contributed by atoms with van der Waals surface area (Å²) in [6, 6.07) is 11.9. The van der Waals surface area contributed by atoms with Crippen molar-refractivity contribution in [1.82, 2.24) is 4.98 Å². The third-order valence-electron chi connectivity index (χ3n) is 2.99. The van der Waals surface area contributed by atoms with E-state index in [1.54, 1.807) is 6.07 Å². The van der Waals surface area contributed by atoms with E-state index in [0.717, 1.165) is 13.0 Å². The molecular weight excluding hydrogens is 295 g/mol. The molecule has 0 saturated heterocycles. The van der Waals surface area contributed by atoms with Gasteiger partial charge in [0.05, 0.1) is 10.0 Å². The predicted octanol–water partition coefficient (Wildman–Crippen LogP) is 3.35. The molecule has 1 aromatic heterocycles. The number of aromatic nitrogens is 1. The molecule has 0 aliphatic heterocycles. The number of pyridine rings is 1. The maximum absolute atomic E-state index is 6.18. The number of nitrogens with two attached hydrogens (primary N) is 1. The van der Waals surface area contributed by atoms with Crippen LogP contribution in [-0.4, -0.2) is 18.6 Å². The maximum atomic E-state index is 6.18. The minimum atomic E-state index is 0.401. The first kappa shape index (κ1) is 14.9. The van der Waals surface area contributed by atoms with Gasteiger partial charge in [-0.3, -0.25) is 0 Å². The van der Waals surface area contributed by atoms with Crippen molar-refractivity contribution in [1.29, 1.82) is 0 Å². The molecule has 106 valence electrons. The van der Waals surface area contributed by atoms with Crippen LogP contribution in [0.2, 0.25) is 10.0 Å². The lowest BCUT2D eigenvalue weighted by atomic mass is 10.1. The predicted molar refractivity (Wildman–Crippen MR) is 85.5 cm³/mol. The fraction of sp³-hybridized carbons (Fsp3) is 0.214. The van der Waals surface area contributed by atoms with Crippen LogP contribution in [0.4, 0.5) is 11.6 Å². The van der Waals surface area contributed by atoms with Gasteiger partial charge < -0.3 is 10.3 Å². The van der Waals surface area contributed by atoms with Crippen LogP contribution < -0.4 is 16.2 Å². The van der Waals surface area contributed by atoms with E-state index in [2.05, 4.69) is 22.5 Å². The number of halogens is 2. The van der Waals surface area contributed by atoms with Crippen LogP contribution in [0.1, 0.15) is 5.56 Å². The molecule has 0 aliphatic carbocycles. The van der Waals surface area contributed by atoms with E-state index in [0.29, 0.717) is 21.7 Å². The molecule has 0 amide bonds. The minimum Gasteiger partial charge on any atom is -0.358 e. The fourth-order valence-electron chi connectivity index (χ4n) is 1.87. The van der Waals surface area contributed by atoms with E-state index in [-0.39, 0.29) is 0 Å². The third kappa shape index (κ3) is 3.54. The summed E-state index contributed by atoms with van der Waals surface area (Å²) in [7, 11) is 1.94. The summed E-state index contributed by atoms with van der Waals surface area (Å²) in [5.74, 6) is 6.44. The highest BCUT2D eigenvalue weighted by molar-refractivity contribution is 6.37. The molecule has 0 radical (unpaired) electrons. The zero-order chi connectivity index (χ0) is 14.5. The fourth-order valence-corrected chi connectivity index (χ4v) is 2.43. The van der Waals surface area contributed by atoms with E-state index in [1.165, 1.54) is 5.56 Å². The van der Waals surface area contributed by atoms with Crippen LogP contribution >= 0.6 is 23.2 Å². The maximum Gasteiger partial charge on any atom is 0.161 e. The molecule has 0 saturated carbocycles. The highest BCUT2D eigenvalue weighted by Crippen LogP contribution is 2.30. The standard InChI is InChI=1S/C14H16Cl2N4/c1-20(8-7-10-5-3-2-4-6-10)14-12(16)9-11(15)13(18-14)19-17/h2-6,9H,7-8,17H2,1H3,(H,18,19). The molecule has 1 heterocycles. The third-order valence-corrected chi connectivity index (χ3v) is 3.55. The van der Waals surface area contributed by atoms with Crippen molar-refractivity contribution < 1.29 is 0 Å². The summed E-state index contributed by atoms with van der Waals surface area (Å²) < 4.78 is 0. The lowest BCUT2D eigenvalue weighted by Crippen LogP contribution is -2.22. The molecule has 0 unspecified atom stereocenters. The van der Waals surface area contributed by atoms with Crippen LogP contribution in [0.5, 0.6) is 0 Å². The Bertz CT molecular complexity index is 575. The number of rotatable bonds is 5. The van der Waals surface area contributed by atoms with Crippen molar-refractivity contribution in [2.75, 3.05) is 23.9 Å². The van der Waals surface area contributed by atoms with E-state index >= 15 is 0 Å². The average Bonchev–Trinajstić information content (AvgIpc) is 2.46. The monoisotopic (exact) mass is 310 g/mol. The summed E-state index contributed by atoms with van der Waals surface area (Å²) in [6.45, 7) is 0.794. The van der Waals surface area contributed by atoms with Gasteiger partial charge in [-0.1, -0.05) is 53.5 Å². The van der Waals surface area contributed by atoms with Gasteiger partial charge in [0.15, 0.2) is 5.82 Å². The number of nitrogen functional groups attached to an aromatic ring is 1. The number of hydrogen-bond donors (Lipinski definition) is 2. The van der Waals surface area contributed by atoms with Crippen molar-refractivity contribution in [2.24, 2.45) is 5.84 Å². The summed E-state index contributed by atoms with van der Waals surface area (Å²) in [5.41, 5.74) is 3.73. The number of nitrogens with zero attached hydrogens (tertiary/aromatic N) is 2. The quantitative estimate of drug-likeness (QED) is 0.657. The molecule has 2 rings (SSSR count). The van der Waals surface area contributed by atoms with Gasteiger partial charge >= 0.3 is 0 Å². The normalized spacial score (nSPS) is 10.4. The molecule has 6 heteroatoms. The zero-order valence-corrected chi connectivity index (χ0v) is 12.6. The number of likely N-dealkylation sites (N-methyl/N-ethyl adjacent to an activating group) is 1. The number of hydrazine groups is 1. The molecule has 0 spiro atoms. The molecule has 3 N–H and O–H groups in total. The first-order valence-electron chi connectivity index (χ1n) is 6.19. The number of anilines is 2. The van der Waals surface area contributed by atoms with E-state index in [1.807, 2.05) is 30.1 Å². The molecule has 0 atom stereocenters. The zero-order valence-electron chi connectivity index (χ0n) is 11.1. The van der Waals surface area contributed by atoms with Crippen LogP contribution in [0.3, 0.4) is 0 Å². The van der Waals surface area contributed by atoms with Crippen LogP contribution in [0, 0.1) is 0 Å². The summed E-state index contributed by atoms with van der Waals surface area (Å²) in [5, 5.41) is 0.905. The number of benzene rings is 1. The Hall–Kier alpha value is -1.49. The van der Waals surface area contributed by atoms with Crippen LogP contribution in [0.15, 0.2) is 36.4 Å². The van der Waals surface area contributed by atoms with Crippen molar-refractivity contribution in [3.63, 3.8) is 0 Å². The Kier molecular flexibility index (Phi) is 5.06. The summed E-state index contributed by atoms with van der Waals surface area (Å²) >= 11 is 12.1. The second-order valence-corrected chi connectivity index (χ2v) is 5.24. The molecular formula is C14H16Cl2N4. The van der Waals surface area contributed by atoms with Crippen molar-refractivity contribution in [2.45, 2.75) is 6.42 Å². The van der Waals surface area contributed by atoms with Gasteiger partial charge in [0.2, 0.25) is 0 Å². The minimum absolute atomic E-state index is 0.401. The largest absolute Gasteiger partial charge is 0.358 e. The molecule has 2 aromatic rings. The van der Waals surface area contributed by atoms with Crippen molar-refractivity contribution in [3.05, 3.63) is 52.0 Å². The molecule has 4 nitrogen and oxygen atoms in total. The van der Waals surface area contributed by atoms with Crippen molar-refractivity contribution >= 4 is 34.8 Å². The average molecular weight is 311 g/mol. The second kappa shape index (κ2) is 6.79. The first-order valence-corrected chi connectivity index (χ1v) is 6.95. The van der Waals surface area contributed by atoms with Gasteiger partial charge in [-0.2, -0.15) is 0 Å². The highest BCUT2D eigenvalue weighted by Gasteiger charge is 2.12. The Morgan fingerprint density at radius 2 is 1.90 bits per heavy atom. The Labute approximate surface area is 128 Å². The summed E-state index contributed by atoms with van der Waals surface area (Å²) in [6.07, 6.45) is 0.906. The molecule has 0 fully saturated rings. The summed E-state index contributed by atoms with van der Waals surface area (Å²) in [4.78, 5) is 6.31. The Morgan fingerprint density at radius 1 is 1.20 bits per heavy atom. The Morgan fingerprint density at radius 3 is 2.55 bits per heavy atom. The molecule has 0 bridgehead atoms. The lowest BCUT2D eigenvalue weighted by molar-refractivity contribution is 0.860. The molecule has 0 aliphatic rings. The Balaban J connectivity index is 2.11. The van der Waals surface area contributed by atoms with Crippen LogP contribution in [-0.2, 0) is 6.42 Å². The number of hydrogen-bond acceptors (Lipinski definition) is 4. The van der Waals surface area contributed by atoms with E-state index in [4.69, 9.17) is 29.0 Å².